The number of ether oxygens (including phenoxy) is 4. The first-order valence-corrected chi connectivity index (χ1v) is 7.40. The van der Waals surface area contributed by atoms with Gasteiger partial charge in [0, 0.05) is 0 Å². The topological polar surface area (TPSA) is 71.1 Å². The van der Waals surface area contributed by atoms with E-state index in [1.807, 2.05) is 0 Å². The van der Waals surface area contributed by atoms with Crippen LogP contribution in [0.4, 0.5) is 0 Å². The number of halogens is 1. The van der Waals surface area contributed by atoms with Gasteiger partial charge in [0.15, 0.2) is 18.1 Å². The molecule has 0 unspecified atom stereocenters. The molecule has 0 bridgehead atoms. The molecule has 0 spiro atoms. The fourth-order valence-corrected chi connectivity index (χ4v) is 2.52. The van der Waals surface area contributed by atoms with Crippen molar-refractivity contribution in [1.82, 2.24) is 0 Å². The zero-order valence-corrected chi connectivity index (χ0v) is 13.5. The van der Waals surface area contributed by atoms with Gasteiger partial charge in [-0.05, 0) is 24.3 Å². The summed E-state index contributed by atoms with van der Waals surface area (Å²) in [6.07, 6.45) is 0. The predicted molar refractivity (Wildman–Crippen MR) is 85.2 cm³/mol. The van der Waals surface area contributed by atoms with Gasteiger partial charge < -0.3 is 18.9 Å². The maximum atomic E-state index is 12.2. The van der Waals surface area contributed by atoms with Crippen molar-refractivity contribution in [2.24, 2.45) is 0 Å². The summed E-state index contributed by atoms with van der Waals surface area (Å²) in [6.45, 7) is -0.370. The van der Waals surface area contributed by atoms with Crippen molar-refractivity contribution in [1.29, 1.82) is 0 Å². The van der Waals surface area contributed by atoms with E-state index in [9.17, 15) is 9.59 Å². The summed E-state index contributed by atoms with van der Waals surface area (Å²) in [5.74, 6) is 0.125. The third kappa shape index (κ3) is 3.14. The van der Waals surface area contributed by atoms with Crippen molar-refractivity contribution in [2.45, 2.75) is 0 Å². The van der Waals surface area contributed by atoms with Crippen LogP contribution in [0.25, 0.3) is 0 Å². The van der Waals surface area contributed by atoms with E-state index in [1.54, 1.807) is 24.3 Å². The van der Waals surface area contributed by atoms with Crippen LogP contribution in [0.5, 0.6) is 17.2 Å². The van der Waals surface area contributed by atoms with Gasteiger partial charge in [0.1, 0.15) is 5.75 Å². The fraction of sp³-hybridized carbons (Fsp3) is 0.176. The number of carbonyl (C=O) groups excluding carboxylic acids is 2. The number of para-hydroxylation sites is 1. The highest BCUT2D eigenvalue weighted by molar-refractivity contribution is 6.32. The molecule has 0 saturated heterocycles. The Balaban J connectivity index is 1.70. The van der Waals surface area contributed by atoms with Crippen molar-refractivity contribution < 1.29 is 28.5 Å². The molecule has 7 heteroatoms. The molecule has 0 amide bonds. The summed E-state index contributed by atoms with van der Waals surface area (Å²) >= 11 is 6.02. The van der Waals surface area contributed by atoms with E-state index in [0.29, 0.717) is 22.8 Å². The monoisotopic (exact) mass is 348 g/mol. The number of benzene rings is 2. The Morgan fingerprint density at radius 2 is 2.00 bits per heavy atom. The smallest absolute Gasteiger partial charge is 0.338 e. The molecular formula is C17H13ClO6. The lowest BCUT2D eigenvalue weighted by Crippen LogP contribution is -2.15. The summed E-state index contributed by atoms with van der Waals surface area (Å²) in [5, 5.41) is 0.244. The molecule has 24 heavy (non-hydrogen) atoms. The minimum atomic E-state index is -0.682. The number of hydrogen-bond acceptors (Lipinski definition) is 6. The van der Waals surface area contributed by atoms with E-state index in [-0.39, 0.29) is 23.2 Å². The van der Waals surface area contributed by atoms with Crippen LogP contribution >= 0.6 is 11.6 Å². The first-order chi connectivity index (χ1) is 11.6. The molecule has 6 nitrogen and oxygen atoms in total. The summed E-state index contributed by atoms with van der Waals surface area (Å²) in [7, 11) is 1.47. The number of methoxy groups -OCH3 is 1. The maximum absolute atomic E-state index is 12.2. The van der Waals surface area contributed by atoms with Gasteiger partial charge in [0.05, 0.1) is 23.3 Å². The third-order valence-corrected chi connectivity index (χ3v) is 3.69. The Bertz CT molecular complexity index is 802. The van der Waals surface area contributed by atoms with Gasteiger partial charge in [0.2, 0.25) is 12.6 Å². The molecule has 1 aliphatic rings. The summed E-state index contributed by atoms with van der Waals surface area (Å²) in [6, 6.07) is 9.58. The van der Waals surface area contributed by atoms with Crippen molar-refractivity contribution in [3.05, 3.63) is 52.5 Å². The van der Waals surface area contributed by atoms with Crippen LogP contribution in [0.15, 0.2) is 36.4 Å². The number of carbonyl (C=O) groups is 2. The lowest BCUT2D eigenvalue weighted by molar-refractivity contribution is 0.0473. The van der Waals surface area contributed by atoms with E-state index in [2.05, 4.69) is 0 Å². The van der Waals surface area contributed by atoms with Crippen molar-refractivity contribution in [3.8, 4) is 17.2 Å². The van der Waals surface area contributed by atoms with E-state index in [1.165, 1.54) is 19.2 Å². The van der Waals surface area contributed by atoms with Crippen LogP contribution in [0, 0.1) is 0 Å². The van der Waals surface area contributed by atoms with Gasteiger partial charge in [-0.2, -0.15) is 0 Å². The van der Waals surface area contributed by atoms with Gasteiger partial charge in [-0.15, -0.1) is 0 Å². The van der Waals surface area contributed by atoms with Gasteiger partial charge in [-0.3, -0.25) is 4.79 Å². The van der Waals surface area contributed by atoms with Gasteiger partial charge >= 0.3 is 5.97 Å². The number of esters is 1. The maximum Gasteiger partial charge on any atom is 0.338 e. The molecule has 0 fully saturated rings. The standard InChI is InChI=1S/C17H13ClO6/c1-21-14-5-3-2-4-11(14)13(19)8-22-17(20)10-6-12(18)16-15(7-10)23-9-24-16/h2-7H,8-9H2,1H3. The highest BCUT2D eigenvalue weighted by Gasteiger charge is 2.22. The van der Waals surface area contributed by atoms with E-state index < -0.39 is 12.6 Å². The quantitative estimate of drug-likeness (QED) is 0.610. The molecule has 0 aliphatic carbocycles. The van der Waals surface area contributed by atoms with Crippen LogP contribution in [0.2, 0.25) is 5.02 Å². The lowest BCUT2D eigenvalue weighted by atomic mass is 10.1. The zero-order chi connectivity index (χ0) is 17.1. The van der Waals surface area contributed by atoms with Crippen molar-refractivity contribution in [3.63, 3.8) is 0 Å². The molecule has 1 heterocycles. The Hall–Kier alpha value is -2.73. The number of Topliss-reactive ketones (excluding diaryl/α,β-unsaturated/α-hetero) is 1. The molecule has 0 radical (unpaired) electrons. The highest BCUT2D eigenvalue weighted by atomic mass is 35.5. The minimum absolute atomic E-state index is 0.0415. The van der Waals surface area contributed by atoms with Crippen LogP contribution in [-0.4, -0.2) is 32.3 Å². The predicted octanol–water partition coefficient (Wildman–Crippen LogP) is 3.12. The third-order valence-electron chi connectivity index (χ3n) is 3.40. The van der Waals surface area contributed by atoms with E-state index in [0.717, 1.165) is 0 Å². The number of fused-ring (bicyclic) bond motifs is 1. The average molecular weight is 349 g/mol. The molecule has 2 aromatic rings. The van der Waals surface area contributed by atoms with E-state index in [4.69, 9.17) is 30.5 Å². The molecule has 0 atom stereocenters. The molecule has 0 N–H and O–H groups in total. The largest absolute Gasteiger partial charge is 0.496 e. The van der Waals surface area contributed by atoms with Crippen LogP contribution in [-0.2, 0) is 4.74 Å². The number of hydrogen-bond donors (Lipinski definition) is 0. The Morgan fingerprint density at radius 3 is 2.79 bits per heavy atom. The number of rotatable bonds is 5. The van der Waals surface area contributed by atoms with Gasteiger partial charge in [0.25, 0.3) is 0 Å². The van der Waals surface area contributed by atoms with Gasteiger partial charge in [-0.1, -0.05) is 23.7 Å². The Morgan fingerprint density at radius 1 is 1.21 bits per heavy atom. The highest BCUT2D eigenvalue weighted by Crippen LogP contribution is 2.39. The van der Waals surface area contributed by atoms with Gasteiger partial charge in [-0.25, -0.2) is 4.79 Å². The van der Waals surface area contributed by atoms with Crippen LogP contribution < -0.4 is 14.2 Å². The molecule has 0 saturated carbocycles. The molecular weight excluding hydrogens is 336 g/mol. The average Bonchev–Trinajstić information content (AvgIpc) is 3.08. The first-order valence-electron chi connectivity index (χ1n) is 7.02. The Labute approximate surface area is 142 Å². The fourth-order valence-electron chi connectivity index (χ4n) is 2.25. The van der Waals surface area contributed by atoms with Crippen molar-refractivity contribution >= 4 is 23.4 Å². The molecule has 1 aliphatic heterocycles. The SMILES string of the molecule is COc1ccccc1C(=O)COC(=O)c1cc(Cl)c2c(c1)OCO2. The summed E-state index contributed by atoms with van der Waals surface area (Å²) in [5.41, 5.74) is 0.522. The molecule has 2 aromatic carbocycles. The second-order valence-corrected chi connectivity index (χ2v) is 5.30. The normalized spacial score (nSPS) is 11.9. The Kier molecular flexibility index (Phi) is 4.57. The lowest BCUT2D eigenvalue weighted by Gasteiger charge is -2.08. The summed E-state index contributed by atoms with van der Waals surface area (Å²) < 4.78 is 20.5. The second kappa shape index (κ2) is 6.80. The zero-order valence-electron chi connectivity index (χ0n) is 12.7. The van der Waals surface area contributed by atoms with Crippen molar-refractivity contribution in [2.75, 3.05) is 20.5 Å². The molecule has 3 rings (SSSR count). The molecule has 124 valence electrons. The van der Waals surface area contributed by atoms with E-state index >= 15 is 0 Å². The summed E-state index contributed by atoms with van der Waals surface area (Å²) in [4.78, 5) is 24.3. The number of ketones is 1. The minimum Gasteiger partial charge on any atom is -0.496 e. The van der Waals surface area contributed by atoms with Crippen LogP contribution in [0.1, 0.15) is 20.7 Å². The first kappa shape index (κ1) is 16.1. The second-order valence-electron chi connectivity index (χ2n) is 4.89. The molecule has 0 aromatic heterocycles. The van der Waals surface area contributed by atoms with Crippen LogP contribution in [0.3, 0.4) is 0 Å².